The molecule has 0 radical (unpaired) electrons. The summed E-state index contributed by atoms with van der Waals surface area (Å²) in [5, 5.41) is 0.674. The van der Waals surface area contributed by atoms with Crippen LogP contribution in [0.5, 0.6) is 0 Å². The zero-order valence-electron chi connectivity index (χ0n) is 8.66. The van der Waals surface area contributed by atoms with Crippen LogP contribution in [0, 0.1) is 5.92 Å². The summed E-state index contributed by atoms with van der Waals surface area (Å²) in [7, 11) is 0. The molecule has 0 saturated carbocycles. The smallest absolute Gasteiger partial charge is 0.128 e. The van der Waals surface area contributed by atoms with Crippen molar-refractivity contribution in [3.8, 4) is 0 Å². The van der Waals surface area contributed by atoms with Gasteiger partial charge in [-0.1, -0.05) is 18.5 Å². The zero-order valence-corrected chi connectivity index (χ0v) is 10.2. The van der Waals surface area contributed by atoms with E-state index >= 15 is 0 Å². The molecule has 1 aliphatic heterocycles. The van der Waals surface area contributed by atoms with Crippen molar-refractivity contribution in [1.29, 1.82) is 0 Å². The first-order valence-corrected chi connectivity index (χ1v) is 6.08. The fourth-order valence-corrected chi connectivity index (χ4v) is 2.65. The Labute approximate surface area is 100 Å². The second kappa shape index (κ2) is 4.58. The third kappa shape index (κ3) is 2.21. The molecule has 1 aromatic rings. The van der Waals surface area contributed by atoms with E-state index in [1.54, 1.807) is 6.20 Å². The first-order valence-electron chi connectivity index (χ1n) is 5.16. The second-order valence-electron chi connectivity index (χ2n) is 4.02. The topological polar surface area (TPSA) is 16.1 Å². The highest BCUT2D eigenvalue weighted by Gasteiger charge is 2.30. The Morgan fingerprint density at radius 1 is 1.53 bits per heavy atom. The van der Waals surface area contributed by atoms with Crippen LogP contribution in [-0.2, 0) is 0 Å². The normalized spacial score (nSPS) is 25.9. The minimum atomic E-state index is 0.403. The minimum absolute atomic E-state index is 0.403. The lowest BCUT2D eigenvalue weighted by Gasteiger charge is -2.26. The summed E-state index contributed by atoms with van der Waals surface area (Å²) in [4.78, 5) is 6.60. The molecule has 0 spiro atoms. The molecule has 2 nitrogen and oxygen atoms in total. The van der Waals surface area contributed by atoms with Gasteiger partial charge in [-0.05, 0) is 24.5 Å². The van der Waals surface area contributed by atoms with Gasteiger partial charge < -0.3 is 4.90 Å². The van der Waals surface area contributed by atoms with Crippen LogP contribution in [-0.4, -0.2) is 23.5 Å². The molecule has 1 fully saturated rings. The number of anilines is 1. The lowest BCUT2D eigenvalue weighted by atomic mass is 10.1. The Bertz CT molecular complexity index is 326. The number of aromatic nitrogens is 1. The molecule has 2 atom stereocenters. The summed E-state index contributed by atoms with van der Waals surface area (Å²) in [5.41, 5.74) is 0. The molecule has 2 unspecified atom stereocenters. The molecule has 0 amide bonds. The van der Waals surface area contributed by atoms with Gasteiger partial charge in [0.05, 0.1) is 5.02 Å². The predicted molar refractivity (Wildman–Crippen MR) is 64.9 cm³/mol. The monoisotopic (exact) mass is 244 g/mol. The van der Waals surface area contributed by atoms with E-state index in [-0.39, 0.29) is 0 Å². The van der Waals surface area contributed by atoms with Crippen molar-refractivity contribution in [2.75, 3.05) is 17.3 Å². The van der Waals surface area contributed by atoms with E-state index in [9.17, 15) is 0 Å². The molecule has 1 aromatic heterocycles. The largest absolute Gasteiger partial charge is 0.352 e. The van der Waals surface area contributed by atoms with Gasteiger partial charge >= 0.3 is 0 Å². The lowest BCUT2D eigenvalue weighted by Crippen LogP contribution is -2.34. The average Bonchev–Trinajstić information content (AvgIpc) is 2.61. The van der Waals surface area contributed by atoms with Gasteiger partial charge in [0.15, 0.2) is 0 Å². The Morgan fingerprint density at radius 2 is 2.33 bits per heavy atom. The molecular formula is C11H14Cl2N2. The first-order chi connectivity index (χ1) is 7.22. The van der Waals surface area contributed by atoms with Gasteiger partial charge in [-0.2, -0.15) is 0 Å². The molecule has 2 heterocycles. The average molecular weight is 245 g/mol. The van der Waals surface area contributed by atoms with Crippen LogP contribution in [0.1, 0.15) is 13.3 Å². The van der Waals surface area contributed by atoms with Gasteiger partial charge in [0.1, 0.15) is 5.82 Å². The SMILES string of the molecule is CC1CCN(c2ccc(Cl)cn2)C1CCl. The van der Waals surface area contributed by atoms with Gasteiger partial charge in [-0.15, -0.1) is 11.6 Å². The van der Waals surface area contributed by atoms with Crippen LogP contribution >= 0.6 is 23.2 Å². The Hall–Kier alpha value is -0.470. The molecule has 0 aliphatic carbocycles. The molecule has 4 heteroatoms. The fourth-order valence-electron chi connectivity index (χ4n) is 2.07. The molecular weight excluding hydrogens is 231 g/mol. The van der Waals surface area contributed by atoms with Crippen molar-refractivity contribution in [1.82, 2.24) is 4.98 Å². The van der Waals surface area contributed by atoms with Crippen LogP contribution in [0.3, 0.4) is 0 Å². The fraction of sp³-hybridized carbons (Fsp3) is 0.545. The molecule has 1 aliphatic rings. The zero-order chi connectivity index (χ0) is 10.8. The second-order valence-corrected chi connectivity index (χ2v) is 4.76. The lowest BCUT2D eigenvalue weighted by molar-refractivity contribution is 0.548. The van der Waals surface area contributed by atoms with Crippen molar-refractivity contribution in [2.45, 2.75) is 19.4 Å². The predicted octanol–water partition coefficient (Wildman–Crippen LogP) is 3.19. The van der Waals surface area contributed by atoms with Gasteiger partial charge in [0.25, 0.3) is 0 Å². The van der Waals surface area contributed by atoms with E-state index in [1.165, 1.54) is 6.42 Å². The molecule has 15 heavy (non-hydrogen) atoms. The first kappa shape index (κ1) is 11.0. The summed E-state index contributed by atoms with van der Waals surface area (Å²) in [6.07, 6.45) is 2.87. The van der Waals surface area contributed by atoms with Gasteiger partial charge in [-0.3, -0.25) is 0 Å². The number of nitrogens with zero attached hydrogens (tertiary/aromatic N) is 2. The van der Waals surface area contributed by atoms with E-state index in [4.69, 9.17) is 23.2 Å². The highest BCUT2D eigenvalue weighted by molar-refractivity contribution is 6.30. The standard InChI is InChI=1S/C11H14Cl2N2/c1-8-4-5-15(10(8)6-12)11-3-2-9(13)7-14-11/h2-3,7-8,10H,4-6H2,1H3. The molecule has 0 aromatic carbocycles. The molecule has 82 valence electrons. The van der Waals surface area contributed by atoms with Gasteiger partial charge in [0.2, 0.25) is 0 Å². The number of rotatable bonds is 2. The van der Waals surface area contributed by atoms with E-state index in [0.29, 0.717) is 22.9 Å². The van der Waals surface area contributed by atoms with Gasteiger partial charge in [0, 0.05) is 24.7 Å². The molecule has 2 rings (SSSR count). The van der Waals surface area contributed by atoms with Crippen LogP contribution < -0.4 is 4.90 Å². The number of hydrogen-bond acceptors (Lipinski definition) is 2. The van der Waals surface area contributed by atoms with E-state index < -0.39 is 0 Å². The van der Waals surface area contributed by atoms with Crippen molar-refractivity contribution in [2.24, 2.45) is 5.92 Å². The maximum absolute atomic E-state index is 5.98. The van der Waals surface area contributed by atoms with Crippen LogP contribution in [0.25, 0.3) is 0 Å². The van der Waals surface area contributed by atoms with Gasteiger partial charge in [-0.25, -0.2) is 4.98 Å². The van der Waals surface area contributed by atoms with Crippen LogP contribution in [0.15, 0.2) is 18.3 Å². The maximum atomic E-state index is 5.98. The Morgan fingerprint density at radius 3 is 2.93 bits per heavy atom. The Kier molecular flexibility index (Phi) is 3.37. The van der Waals surface area contributed by atoms with Crippen LogP contribution in [0.4, 0.5) is 5.82 Å². The van der Waals surface area contributed by atoms with E-state index in [2.05, 4.69) is 16.8 Å². The summed E-state index contributed by atoms with van der Waals surface area (Å²) < 4.78 is 0. The number of alkyl halides is 1. The highest BCUT2D eigenvalue weighted by Crippen LogP contribution is 2.29. The summed E-state index contributed by atoms with van der Waals surface area (Å²) in [5.74, 6) is 2.28. The molecule has 1 saturated heterocycles. The molecule has 0 N–H and O–H groups in total. The maximum Gasteiger partial charge on any atom is 0.128 e. The van der Waals surface area contributed by atoms with Crippen LogP contribution in [0.2, 0.25) is 5.02 Å². The van der Waals surface area contributed by atoms with Crippen molar-refractivity contribution >= 4 is 29.0 Å². The summed E-state index contributed by atoms with van der Waals surface area (Å²) in [6, 6.07) is 4.23. The van der Waals surface area contributed by atoms with Crippen molar-refractivity contribution < 1.29 is 0 Å². The number of hydrogen-bond donors (Lipinski definition) is 0. The summed E-state index contributed by atoms with van der Waals surface area (Å²) >= 11 is 11.8. The number of halogens is 2. The third-order valence-electron chi connectivity index (χ3n) is 3.05. The van der Waals surface area contributed by atoms with Crippen molar-refractivity contribution in [3.05, 3.63) is 23.4 Å². The van der Waals surface area contributed by atoms with Crippen molar-refractivity contribution in [3.63, 3.8) is 0 Å². The Balaban J connectivity index is 2.20. The summed E-state index contributed by atoms with van der Waals surface area (Å²) in [6.45, 7) is 3.27. The third-order valence-corrected chi connectivity index (χ3v) is 3.59. The highest BCUT2D eigenvalue weighted by atomic mass is 35.5. The van der Waals surface area contributed by atoms with E-state index in [1.807, 2.05) is 12.1 Å². The molecule has 0 bridgehead atoms. The minimum Gasteiger partial charge on any atom is -0.352 e. The van der Waals surface area contributed by atoms with E-state index in [0.717, 1.165) is 12.4 Å². The quantitative estimate of drug-likeness (QED) is 0.744. The number of pyridine rings is 1.